The zero-order chi connectivity index (χ0) is 13.4. The van der Waals surface area contributed by atoms with Crippen LogP contribution in [0.4, 0.5) is 0 Å². The number of hydrogen-bond acceptors (Lipinski definition) is 2. The Bertz CT molecular complexity index is 208. The van der Waals surface area contributed by atoms with E-state index in [0.717, 1.165) is 0 Å². The molecule has 0 aromatic carbocycles. The Kier molecular flexibility index (Phi) is 4.66. The van der Waals surface area contributed by atoms with Gasteiger partial charge in [-0.1, -0.05) is 41.5 Å². The number of hydrogen-bond donors (Lipinski definition) is 0. The average Bonchev–Trinajstić information content (AvgIpc) is 1.97. The van der Waals surface area contributed by atoms with Crippen molar-refractivity contribution < 1.29 is 9.15 Å². The highest BCUT2D eigenvalue weighted by molar-refractivity contribution is 6.76. The maximum atomic E-state index is 5.89. The van der Waals surface area contributed by atoms with Crippen LogP contribution in [0, 0.1) is 0 Å². The second kappa shape index (κ2) is 4.55. The van der Waals surface area contributed by atoms with Crippen LogP contribution in [0.25, 0.3) is 0 Å². The van der Waals surface area contributed by atoms with Crippen LogP contribution in [0.1, 0.15) is 41.5 Å². The summed E-state index contributed by atoms with van der Waals surface area (Å²) < 4.78 is 11.8. The van der Waals surface area contributed by atoms with Gasteiger partial charge >= 0.3 is 0 Å². The maximum Gasteiger partial charge on any atom is 0.236 e. The van der Waals surface area contributed by atoms with E-state index in [4.69, 9.17) is 9.15 Å². The normalized spacial score (nSPS) is 15.4. The minimum absolute atomic E-state index is 0.204. The van der Waals surface area contributed by atoms with Gasteiger partial charge in [0.25, 0.3) is 0 Å². The minimum atomic E-state index is -1.78. The molecule has 0 heterocycles. The lowest BCUT2D eigenvalue weighted by molar-refractivity contribution is -0.133. The Morgan fingerprint density at radius 2 is 0.750 bits per heavy atom. The Morgan fingerprint density at radius 1 is 0.562 bits per heavy atom. The van der Waals surface area contributed by atoms with Crippen molar-refractivity contribution in [2.75, 3.05) is 0 Å². The van der Waals surface area contributed by atoms with Crippen molar-refractivity contribution in [3.8, 4) is 0 Å². The molecule has 0 bridgehead atoms. The maximum absolute atomic E-state index is 5.89. The molecule has 98 valence electrons. The van der Waals surface area contributed by atoms with Crippen LogP contribution in [0.2, 0.25) is 36.3 Å². The van der Waals surface area contributed by atoms with E-state index in [1.807, 2.05) is 0 Å². The van der Waals surface area contributed by atoms with Gasteiger partial charge in [0.15, 0.2) is 0 Å². The molecule has 0 rings (SSSR count). The van der Waals surface area contributed by atoms with E-state index in [-0.39, 0.29) is 10.1 Å². The van der Waals surface area contributed by atoms with Crippen LogP contribution in [0.3, 0.4) is 0 Å². The molecule has 0 radical (unpaired) electrons. The van der Waals surface area contributed by atoms with Gasteiger partial charge in [0.05, 0.1) is 0 Å². The zero-order valence-electron chi connectivity index (χ0n) is 12.8. The van der Waals surface area contributed by atoms with Gasteiger partial charge in [-0.3, -0.25) is 9.15 Å². The summed E-state index contributed by atoms with van der Waals surface area (Å²) in [5, 5.41) is 0.407. The lowest BCUT2D eigenvalue weighted by Gasteiger charge is -2.41. The summed E-state index contributed by atoms with van der Waals surface area (Å²) >= 11 is 0. The van der Waals surface area contributed by atoms with Crippen molar-refractivity contribution in [1.82, 2.24) is 0 Å². The first-order valence-electron chi connectivity index (χ1n) is 6.07. The molecule has 0 aliphatic rings. The summed E-state index contributed by atoms with van der Waals surface area (Å²) in [6.45, 7) is 22.3. The molecule has 0 aliphatic carbocycles. The largest absolute Gasteiger partial charge is 0.297 e. The first-order chi connectivity index (χ1) is 6.71. The molecule has 0 aromatic rings. The summed E-state index contributed by atoms with van der Waals surface area (Å²) in [4.78, 5) is 0. The van der Waals surface area contributed by atoms with Crippen molar-refractivity contribution in [3.63, 3.8) is 0 Å². The van der Waals surface area contributed by atoms with E-state index in [1.54, 1.807) is 0 Å². The fraction of sp³-hybridized carbons (Fsp3) is 1.00. The summed E-state index contributed by atoms with van der Waals surface area (Å²) in [6, 6.07) is 0. The highest BCUT2D eigenvalue weighted by Crippen LogP contribution is 2.41. The zero-order valence-corrected chi connectivity index (χ0v) is 14.8. The predicted octanol–water partition coefficient (Wildman–Crippen LogP) is 4.95. The highest BCUT2D eigenvalue weighted by Gasteiger charge is 2.44. The van der Waals surface area contributed by atoms with Gasteiger partial charge < -0.3 is 0 Å². The molecular weight excluding hydrogens is 232 g/mol. The third-order valence-electron chi connectivity index (χ3n) is 4.07. The second-order valence-corrected chi connectivity index (χ2v) is 17.1. The summed E-state index contributed by atoms with van der Waals surface area (Å²) in [6.07, 6.45) is 0. The van der Waals surface area contributed by atoms with Crippen molar-refractivity contribution >= 4 is 16.6 Å². The van der Waals surface area contributed by atoms with Crippen LogP contribution in [-0.2, 0) is 9.15 Å². The molecule has 0 spiro atoms. The van der Waals surface area contributed by atoms with Gasteiger partial charge in [-0.25, -0.2) is 0 Å². The SMILES string of the molecule is CC(C)(C)[Si](C)(C)OO[Si](C)(C)C(C)(C)C. The predicted molar refractivity (Wildman–Crippen MR) is 76.6 cm³/mol. The summed E-state index contributed by atoms with van der Waals surface area (Å²) in [7, 11) is -3.56. The van der Waals surface area contributed by atoms with Crippen molar-refractivity contribution in [3.05, 3.63) is 0 Å². The topological polar surface area (TPSA) is 18.5 Å². The summed E-state index contributed by atoms with van der Waals surface area (Å²) in [5.74, 6) is 0. The molecule has 0 N–H and O–H groups in total. The van der Waals surface area contributed by atoms with Crippen LogP contribution in [0.15, 0.2) is 0 Å². The number of rotatable bonds is 3. The van der Waals surface area contributed by atoms with E-state index < -0.39 is 16.6 Å². The Morgan fingerprint density at radius 3 is 0.875 bits per heavy atom. The first kappa shape index (κ1) is 16.4. The van der Waals surface area contributed by atoms with Gasteiger partial charge in [0.2, 0.25) is 16.6 Å². The molecule has 0 saturated carbocycles. The third-order valence-corrected chi connectivity index (χ3v) is 12.5. The van der Waals surface area contributed by atoms with E-state index in [1.165, 1.54) is 0 Å². The fourth-order valence-electron chi connectivity index (χ4n) is 0.458. The Labute approximate surface area is 104 Å². The van der Waals surface area contributed by atoms with E-state index in [9.17, 15) is 0 Å². The molecule has 0 saturated heterocycles. The van der Waals surface area contributed by atoms with E-state index >= 15 is 0 Å². The Balaban J connectivity index is 4.59. The monoisotopic (exact) mass is 262 g/mol. The van der Waals surface area contributed by atoms with Crippen LogP contribution in [0.5, 0.6) is 0 Å². The van der Waals surface area contributed by atoms with Crippen LogP contribution < -0.4 is 0 Å². The molecule has 16 heavy (non-hydrogen) atoms. The quantitative estimate of drug-likeness (QED) is 0.407. The molecule has 0 aliphatic heterocycles. The fourth-order valence-corrected chi connectivity index (χ4v) is 2.63. The highest BCUT2D eigenvalue weighted by atomic mass is 28.4. The van der Waals surface area contributed by atoms with Gasteiger partial charge in [-0.2, -0.15) is 0 Å². The average molecular weight is 263 g/mol. The molecule has 0 atom stereocenters. The second-order valence-electron chi connectivity index (χ2n) is 7.69. The minimum Gasteiger partial charge on any atom is -0.297 e. The van der Waals surface area contributed by atoms with Crippen molar-refractivity contribution in [1.29, 1.82) is 0 Å². The van der Waals surface area contributed by atoms with E-state index in [2.05, 4.69) is 67.7 Å². The Hall–Kier alpha value is 0.354. The molecular formula is C12H30O2Si2. The molecule has 2 nitrogen and oxygen atoms in total. The van der Waals surface area contributed by atoms with Gasteiger partial charge in [-0.15, -0.1) is 0 Å². The molecule has 0 fully saturated rings. The smallest absolute Gasteiger partial charge is 0.236 e. The summed E-state index contributed by atoms with van der Waals surface area (Å²) in [5.41, 5.74) is 0. The molecule has 0 amide bonds. The molecule has 4 heteroatoms. The lowest BCUT2D eigenvalue weighted by Crippen LogP contribution is -2.48. The third kappa shape index (κ3) is 3.98. The van der Waals surface area contributed by atoms with Gasteiger partial charge in [0, 0.05) is 0 Å². The standard InChI is InChI=1S/C12H30O2Si2/c1-11(2,3)15(7,8)13-14-16(9,10)12(4,5)6/h1-10H3. The lowest BCUT2D eigenvalue weighted by atomic mass is 10.2. The van der Waals surface area contributed by atoms with Crippen molar-refractivity contribution in [2.45, 2.75) is 77.8 Å². The van der Waals surface area contributed by atoms with E-state index in [0.29, 0.717) is 0 Å². The van der Waals surface area contributed by atoms with Crippen molar-refractivity contribution in [2.24, 2.45) is 0 Å². The van der Waals surface area contributed by atoms with Gasteiger partial charge in [-0.05, 0) is 36.3 Å². The molecule has 0 unspecified atom stereocenters. The molecule has 0 aromatic heterocycles. The van der Waals surface area contributed by atoms with Crippen LogP contribution >= 0.6 is 0 Å². The van der Waals surface area contributed by atoms with Gasteiger partial charge in [0.1, 0.15) is 0 Å². The first-order valence-corrected chi connectivity index (χ1v) is 11.9. The van der Waals surface area contributed by atoms with Crippen LogP contribution in [-0.4, -0.2) is 16.6 Å².